The number of thiophene rings is 1. The summed E-state index contributed by atoms with van der Waals surface area (Å²) in [7, 11) is 0. The normalized spacial score (nSPS) is 24.3. The summed E-state index contributed by atoms with van der Waals surface area (Å²) in [6, 6.07) is 0.582. The van der Waals surface area contributed by atoms with E-state index in [4.69, 9.17) is 0 Å². The highest BCUT2D eigenvalue weighted by Gasteiger charge is 2.19. The maximum Gasteiger partial charge on any atom is 0.138 e. The minimum absolute atomic E-state index is 0.582. The summed E-state index contributed by atoms with van der Waals surface area (Å²) < 4.78 is 0. The lowest BCUT2D eigenvalue weighted by atomic mass is 9.87. The van der Waals surface area contributed by atoms with Crippen LogP contribution in [0, 0.1) is 12.8 Å². The third-order valence-electron chi connectivity index (χ3n) is 3.91. The summed E-state index contributed by atoms with van der Waals surface area (Å²) in [5.74, 6) is 1.91. The number of fused-ring (bicyclic) bond motifs is 1. The fourth-order valence-corrected chi connectivity index (χ4v) is 3.61. The SMILES string of the molecule is Cc1csc2ncnc(NC3CCC(C)CC3)c12. The summed E-state index contributed by atoms with van der Waals surface area (Å²) >= 11 is 1.70. The molecule has 0 bridgehead atoms. The van der Waals surface area contributed by atoms with Gasteiger partial charge in [0.25, 0.3) is 0 Å². The molecule has 0 atom stereocenters. The Morgan fingerprint density at radius 3 is 2.78 bits per heavy atom. The molecule has 2 heterocycles. The summed E-state index contributed by atoms with van der Waals surface area (Å²) in [6.07, 6.45) is 6.85. The lowest BCUT2D eigenvalue weighted by Gasteiger charge is -2.27. The smallest absolute Gasteiger partial charge is 0.138 e. The zero-order valence-electron chi connectivity index (χ0n) is 10.9. The molecule has 0 amide bonds. The molecular weight excluding hydrogens is 242 g/mol. The van der Waals surface area contributed by atoms with Crippen molar-refractivity contribution in [2.24, 2.45) is 5.92 Å². The van der Waals surface area contributed by atoms with Gasteiger partial charge < -0.3 is 5.32 Å². The third-order valence-corrected chi connectivity index (χ3v) is 4.92. The van der Waals surface area contributed by atoms with Crippen molar-refractivity contribution in [1.29, 1.82) is 0 Å². The molecule has 1 fully saturated rings. The zero-order chi connectivity index (χ0) is 12.5. The van der Waals surface area contributed by atoms with E-state index in [2.05, 4.69) is 34.5 Å². The zero-order valence-corrected chi connectivity index (χ0v) is 11.8. The first kappa shape index (κ1) is 11.9. The van der Waals surface area contributed by atoms with Crippen molar-refractivity contribution in [3.63, 3.8) is 0 Å². The van der Waals surface area contributed by atoms with Gasteiger partial charge in [-0.1, -0.05) is 6.92 Å². The van der Waals surface area contributed by atoms with Gasteiger partial charge in [-0.3, -0.25) is 0 Å². The molecule has 2 aromatic rings. The monoisotopic (exact) mass is 261 g/mol. The first-order chi connectivity index (χ1) is 8.74. The predicted molar refractivity (Wildman–Crippen MR) is 77.2 cm³/mol. The van der Waals surface area contributed by atoms with Crippen molar-refractivity contribution in [3.8, 4) is 0 Å². The van der Waals surface area contributed by atoms with Crippen molar-refractivity contribution in [2.75, 3.05) is 5.32 Å². The Hall–Kier alpha value is -1.16. The van der Waals surface area contributed by atoms with Crippen LogP contribution in [0.2, 0.25) is 0 Å². The van der Waals surface area contributed by atoms with Crippen LogP contribution in [0.3, 0.4) is 0 Å². The fraction of sp³-hybridized carbons (Fsp3) is 0.571. The Labute approximate surface area is 112 Å². The number of aryl methyl sites for hydroxylation is 1. The summed E-state index contributed by atoms with van der Waals surface area (Å²) in [4.78, 5) is 9.86. The van der Waals surface area contributed by atoms with Gasteiger partial charge in [0, 0.05) is 6.04 Å². The van der Waals surface area contributed by atoms with Crippen LogP contribution in [-0.2, 0) is 0 Å². The highest BCUT2D eigenvalue weighted by atomic mass is 32.1. The van der Waals surface area contributed by atoms with E-state index in [1.807, 2.05) is 0 Å². The quantitative estimate of drug-likeness (QED) is 0.888. The van der Waals surface area contributed by atoms with Gasteiger partial charge in [0.2, 0.25) is 0 Å². The van der Waals surface area contributed by atoms with Crippen LogP contribution in [0.25, 0.3) is 10.2 Å². The highest BCUT2D eigenvalue weighted by molar-refractivity contribution is 7.17. The number of hydrogen-bond donors (Lipinski definition) is 1. The number of nitrogens with zero attached hydrogens (tertiary/aromatic N) is 2. The third kappa shape index (κ3) is 2.21. The summed E-state index contributed by atoms with van der Waals surface area (Å²) in [6.45, 7) is 4.48. The number of rotatable bonds is 2. The van der Waals surface area contributed by atoms with Crippen LogP contribution < -0.4 is 5.32 Å². The number of nitrogens with one attached hydrogen (secondary N) is 1. The van der Waals surface area contributed by atoms with Gasteiger partial charge >= 0.3 is 0 Å². The molecule has 1 N–H and O–H groups in total. The molecule has 0 aromatic carbocycles. The van der Waals surface area contributed by atoms with Gasteiger partial charge in [0.1, 0.15) is 17.0 Å². The van der Waals surface area contributed by atoms with Gasteiger partial charge in [-0.05, 0) is 49.5 Å². The number of anilines is 1. The maximum atomic E-state index is 4.44. The summed E-state index contributed by atoms with van der Waals surface area (Å²) in [5.41, 5.74) is 1.28. The van der Waals surface area contributed by atoms with Gasteiger partial charge in [-0.25, -0.2) is 9.97 Å². The fourth-order valence-electron chi connectivity index (χ4n) is 2.72. The van der Waals surface area contributed by atoms with Gasteiger partial charge in [0.05, 0.1) is 5.39 Å². The van der Waals surface area contributed by atoms with Crippen molar-refractivity contribution in [2.45, 2.75) is 45.6 Å². The molecule has 18 heavy (non-hydrogen) atoms. The average Bonchev–Trinajstić information content (AvgIpc) is 2.75. The van der Waals surface area contributed by atoms with Crippen LogP contribution in [-0.4, -0.2) is 16.0 Å². The molecule has 3 nitrogen and oxygen atoms in total. The van der Waals surface area contributed by atoms with E-state index in [1.54, 1.807) is 17.7 Å². The Kier molecular flexibility index (Phi) is 3.20. The molecule has 0 saturated heterocycles. The minimum Gasteiger partial charge on any atom is -0.367 e. The second kappa shape index (κ2) is 4.84. The Morgan fingerprint density at radius 2 is 2.00 bits per heavy atom. The molecule has 1 aliphatic rings. The van der Waals surface area contributed by atoms with Crippen molar-refractivity contribution in [3.05, 3.63) is 17.3 Å². The van der Waals surface area contributed by atoms with Crippen molar-refractivity contribution < 1.29 is 0 Å². The second-order valence-electron chi connectivity index (χ2n) is 5.42. The Morgan fingerprint density at radius 1 is 1.22 bits per heavy atom. The first-order valence-electron chi connectivity index (χ1n) is 6.69. The van der Waals surface area contributed by atoms with Gasteiger partial charge in [-0.15, -0.1) is 11.3 Å². The Bertz CT molecular complexity index is 541. The molecular formula is C14H19N3S. The molecule has 3 rings (SSSR count). The van der Waals surface area contributed by atoms with E-state index in [0.717, 1.165) is 16.6 Å². The molecule has 1 aliphatic carbocycles. The Balaban J connectivity index is 1.84. The van der Waals surface area contributed by atoms with Gasteiger partial charge in [-0.2, -0.15) is 0 Å². The van der Waals surface area contributed by atoms with E-state index in [0.29, 0.717) is 6.04 Å². The minimum atomic E-state index is 0.582. The number of aromatic nitrogens is 2. The largest absolute Gasteiger partial charge is 0.367 e. The van der Waals surface area contributed by atoms with E-state index < -0.39 is 0 Å². The molecule has 96 valence electrons. The van der Waals surface area contributed by atoms with E-state index >= 15 is 0 Å². The van der Waals surface area contributed by atoms with E-state index in [9.17, 15) is 0 Å². The van der Waals surface area contributed by atoms with Gasteiger partial charge in [0.15, 0.2) is 0 Å². The van der Waals surface area contributed by atoms with Crippen LogP contribution in [0.5, 0.6) is 0 Å². The maximum absolute atomic E-state index is 4.44. The van der Waals surface area contributed by atoms with E-state index in [1.165, 1.54) is 36.6 Å². The highest BCUT2D eigenvalue weighted by Crippen LogP contribution is 2.31. The second-order valence-corrected chi connectivity index (χ2v) is 6.28. The lowest BCUT2D eigenvalue weighted by Crippen LogP contribution is -2.25. The average molecular weight is 261 g/mol. The van der Waals surface area contributed by atoms with Crippen LogP contribution in [0.1, 0.15) is 38.2 Å². The molecule has 0 radical (unpaired) electrons. The molecule has 1 saturated carbocycles. The first-order valence-corrected chi connectivity index (χ1v) is 7.57. The lowest BCUT2D eigenvalue weighted by molar-refractivity contribution is 0.361. The molecule has 2 aromatic heterocycles. The van der Waals surface area contributed by atoms with Crippen molar-refractivity contribution in [1.82, 2.24) is 9.97 Å². The topological polar surface area (TPSA) is 37.8 Å². The van der Waals surface area contributed by atoms with Crippen LogP contribution >= 0.6 is 11.3 Å². The molecule has 4 heteroatoms. The molecule has 0 aliphatic heterocycles. The van der Waals surface area contributed by atoms with Crippen LogP contribution in [0.4, 0.5) is 5.82 Å². The number of hydrogen-bond acceptors (Lipinski definition) is 4. The van der Waals surface area contributed by atoms with E-state index in [-0.39, 0.29) is 0 Å². The van der Waals surface area contributed by atoms with Crippen molar-refractivity contribution >= 4 is 27.4 Å². The van der Waals surface area contributed by atoms with Crippen LogP contribution in [0.15, 0.2) is 11.7 Å². The molecule has 0 spiro atoms. The predicted octanol–water partition coefficient (Wildman–Crippen LogP) is 3.99. The molecule has 0 unspecified atom stereocenters. The summed E-state index contributed by atoms with van der Waals surface area (Å²) in [5, 5.41) is 7.00. The standard InChI is InChI=1S/C14H19N3S/c1-9-3-5-11(6-4-9)17-13-12-10(2)7-18-14(12)16-8-15-13/h7-9,11H,3-6H2,1-2H3,(H,15,16,17).